The van der Waals surface area contributed by atoms with Crippen LogP contribution in [0.3, 0.4) is 0 Å². The van der Waals surface area contributed by atoms with Gasteiger partial charge in [-0.15, -0.1) is 0 Å². The lowest BCUT2D eigenvalue weighted by molar-refractivity contribution is -0.121. The Labute approximate surface area is 150 Å². The normalized spacial score (nSPS) is 12.6. The fraction of sp³-hybridized carbons (Fsp3) is 0.350. The van der Waals surface area contributed by atoms with E-state index in [1.165, 1.54) is 11.8 Å². The number of sulfone groups is 1. The second-order valence-corrected chi connectivity index (χ2v) is 8.23. The Morgan fingerprint density at radius 1 is 0.960 bits per heavy atom. The largest absolute Gasteiger partial charge is 0.349 e. The second-order valence-electron chi connectivity index (χ2n) is 6.22. The highest BCUT2D eigenvalue weighted by molar-refractivity contribution is 7.90. The SMILES string of the molecule is CCc1ccc(CC(=O)NC(CC)c2ccc(S(C)(=O)=O)cc2)cc1. The van der Waals surface area contributed by atoms with Crippen LogP contribution in [0.2, 0.25) is 0 Å². The number of benzene rings is 2. The summed E-state index contributed by atoms with van der Waals surface area (Å²) in [7, 11) is -3.21. The molecule has 0 aromatic heterocycles. The number of rotatable bonds is 7. The van der Waals surface area contributed by atoms with Gasteiger partial charge in [0.25, 0.3) is 0 Å². The predicted molar refractivity (Wildman–Crippen MR) is 100 cm³/mol. The number of hydrogen-bond acceptors (Lipinski definition) is 3. The van der Waals surface area contributed by atoms with Crippen molar-refractivity contribution in [1.82, 2.24) is 5.32 Å². The summed E-state index contributed by atoms with van der Waals surface area (Å²) in [5.41, 5.74) is 3.14. The van der Waals surface area contributed by atoms with Crippen LogP contribution < -0.4 is 5.32 Å². The van der Waals surface area contributed by atoms with Crippen molar-refractivity contribution in [3.8, 4) is 0 Å². The first-order valence-electron chi connectivity index (χ1n) is 8.50. The maximum absolute atomic E-state index is 12.3. The smallest absolute Gasteiger partial charge is 0.224 e. The van der Waals surface area contributed by atoms with Gasteiger partial charge in [0.2, 0.25) is 5.91 Å². The standard InChI is InChI=1S/C20H25NO3S/c1-4-15-6-8-16(9-7-15)14-20(22)21-19(5-2)17-10-12-18(13-11-17)25(3,23)24/h6-13,19H,4-5,14H2,1-3H3,(H,21,22). The minimum absolute atomic E-state index is 0.0386. The molecular weight excluding hydrogens is 334 g/mol. The summed E-state index contributed by atoms with van der Waals surface area (Å²) in [5.74, 6) is -0.0386. The molecule has 0 spiro atoms. The van der Waals surface area contributed by atoms with Crippen molar-refractivity contribution in [3.63, 3.8) is 0 Å². The van der Waals surface area contributed by atoms with Crippen LogP contribution in [0.15, 0.2) is 53.4 Å². The van der Waals surface area contributed by atoms with E-state index in [9.17, 15) is 13.2 Å². The monoisotopic (exact) mass is 359 g/mol. The molecule has 2 aromatic rings. The molecule has 0 radical (unpaired) electrons. The minimum Gasteiger partial charge on any atom is -0.349 e. The number of aryl methyl sites for hydroxylation is 1. The Morgan fingerprint density at radius 2 is 1.52 bits per heavy atom. The maximum Gasteiger partial charge on any atom is 0.224 e. The number of amides is 1. The molecule has 2 rings (SSSR count). The zero-order valence-electron chi connectivity index (χ0n) is 15.0. The van der Waals surface area contributed by atoms with Gasteiger partial charge in [0.1, 0.15) is 0 Å². The molecular formula is C20H25NO3S. The summed E-state index contributed by atoms with van der Waals surface area (Å²) in [5, 5.41) is 3.03. The van der Waals surface area contributed by atoms with Crippen LogP contribution >= 0.6 is 0 Å². The Hall–Kier alpha value is -2.14. The summed E-state index contributed by atoms with van der Waals surface area (Å²) in [6, 6.07) is 14.6. The van der Waals surface area contributed by atoms with Gasteiger partial charge in [0.05, 0.1) is 17.4 Å². The van der Waals surface area contributed by atoms with Gasteiger partial charge in [0, 0.05) is 6.26 Å². The van der Waals surface area contributed by atoms with Crippen molar-refractivity contribution in [2.24, 2.45) is 0 Å². The number of carbonyl (C=O) groups is 1. The number of hydrogen-bond donors (Lipinski definition) is 1. The van der Waals surface area contributed by atoms with Gasteiger partial charge in [-0.05, 0) is 41.7 Å². The molecule has 0 saturated carbocycles. The van der Waals surface area contributed by atoms with E-state index in [1.54, 1.807) is 24.3 Å². The van der Waals surface area contributed by atoms with Gasteiger partial charge in [-0.3, -0.25) is 4.79 Å². The van der Waals surface area contributed by atoms with Gasteiger partial charge in [-0.25, -0.2) is 8.42 Å². The van der Waals surface area contributed by atoms with E-state index < -0.39 is 9.84 Å². The topological polar surface area (TPSA) is 63.2 Å². The lowest BCUT2D eigenvalue weighted by Crippen LogP contribution is -2.29. The van der Waals surface area contributed by atoms with E-state index in [0.29, 0.717) is 6.42 Å². The predicted octanol–water partition coefficient (Wildman–Crippen LogP) is 3.46. The molecule has 2 aromatic carbocycles. The third-order valence-electron chi connectivity index (χ3n) is 4.25. The van der Waals surface area contributed by atoms with E-state index in [-0.39, 0.29) is 16.8 Å². The van der Waals surface area contributed by atoms with Crippen LogP contribution in [-0.2, 0) is 27.5 Å². The quantitative estimate of drug-likeness (QED) is 0.823. The van der Waals surface area contributed by atoms with Crippen molar-refractivity contribution < 1.29 is 13.2 Å². The van der Waals surface area contributed by atoms with Crippen LogP contribution in [0.1, 0.15) is 43.0 Å². The van der Waals surface area contributed by atoms with Crippen molar-refractivity contribution >= 4 is 15.7 Å². The summed E-state index contributed by atoms with van der Waals surface area (Å²) in [4.78, 5) is 12.6. The molecule has 0 bridgehead atoms. The molecule has 1 amide bonds. The Bertz CT molecular complexity index is 809. The molecule has 0 heterocycles. The highest BCUT2D eigenvalue weighted by Gasteiger charge is 2.14. The lowest BCUT2D eigenvalue weighted by atomic mass is 10.0. The number of carbonyl (C=O) groups excluding carboxylic acids is 1. The molecule has 1 unspecified atom stereocenters. The highest BCUT2D eigenvalue weighted by Crippen LogP contribution is 2.19. The molecule has 1 atom stereocenters. The lowest BCUT2D eigenvalue weighted by Gasteiger charge is -2.18. The Balaban J connectivity index is 2.03. The molecule has 0 aliphatic heterocycles. The zero-order chi connectivity index (χ0) is 18.4. The van der Waals surface area contributed by atoms with Crippen molar-refractivity contribution in [1.29, 1.82) is 0 Å². The van der Waals surface area contributed by atoms with Crippen molar-refractivity contribution in [2.75, 3.05) is 6.26 Å². The first kappa shape index (κ1) is 19.2. The van der Waals surface area contributed by atoms with Crippen LogP contribution in [-0.4, -0.2) is 20.6 Å². The van der Waals surface area contributed by atoms with Gasteiger partial charge in [-0.1, -0.05) is 50.2 Å². The summed E-state index contributed by atoms with van der Waals surface area (Å²) in [6.07, 6.45) is 3.24. The first-order chi connectivity index (χ1) is 11.8. The van der Waals surface area contributed by atoms with Crippen LogP contribution in [0, 0.1) is 0 Å². The first-order valence-corrected chi connectivity index (χ1v) is 10.4. The molecule has 5 heteroatoms. The summed E-state index contributed by atoms with van der Waals surface area (Å²) in [6.45, 7) is 4.09. The Kier molecular flexibility index (Phi) is 6.37. The molecule has 25 heavy (non-hydrogen) atoms. The molecule has 0 saturated heterocycles. The molecule has 0 fully saturated rings. The van der Waals surface area contributed by atoms with Gasteiger partial charge in [-0.2, -0.15) is 0 Å². The van der Waals surface area contributed by atoms with E-state index in [4.69, 9.17) is 0 Å². The maximum atomic E-state index is 12.3. The molecule has 1 N–H and O–H groups in total. The van der Waals surface area contributed by atoms with E-state index >= 15 is 0 Å². The fourth-order valence-corrected chi connectivity index (χ4v) is 3.32. The van der Waals surface area contributed by atoms with Crippen LogP contribution in [0.5, 0.6) is 0 Å². The molecule has 134 valence electrons. The molecule has 4 nitrogen and oxygen atoms in total. The highest BCUT2D eigenvalue weighted by atomic mass is 32.2. The second kappa shape index (κ2) is 8.30. The third kappa shape index (κ3) is 5.43. The zero-order valence-corrected chi connectivity index (χ0v) is 15.8. The van der Waals surface area contributed by atoms with E-state index in [2.05, 4.69) is 12.2 Å². The van der Waals surface area contributed by atoms with E-state index in [0.717, 1.165) is 24.0 Å². The fourth-order valence-electron chi connectivity index (χ4n) is 2.69. The Morgan fingerprint density at radius 3 is 2.00 bits per heavy atom. The minimum atomic E-state index is -3.21. The van der Waals surface area contributed by atoms with Gasteiger partial charge < -0.3 is 5.32 Å². The third-order valence-corrected chi connectivity index (χ3v) is 5.38. The average Bonchev–Trinajstić information content (AvgIpc) is 2.59. The summed E-state index contributed by atoms with van der Waals surface area (Å²) >= 11 is 0. The average molecular weight is 359 g/mol. The molecule has 0 aliphatic carbocycles. The van der Waals surface area contributed by atoms with E-state index in [1.807, 2.05) is 31.2 Å². The molecule has 0 aliphatic rings. The summed E-state index contributed by atoms with van der Waals surface area (Å²) < 4.78 is 23.1. The van der Waals surface area contributed by atoms with Crippen LogP contribution in [0.4, 0.5) is 0 Å². The number of nitrogens with one attached hydrogen (secondary N) is 1. The van der Waals surface area contributed by atoms with Gasteiger partial charge >= 0.3 is 0 Å². The van der Waals surface area contributed by atoms with Crippen molar-refractivity contribution in [3.05, 3.63) is 65.2 Å². The van der Waals surface area contributed by atoms with Crippen molar-refractivity contribution in [2.45, 2.75) is 44.0 Å². The van der Waals surface area contributed by atoms with Crippen LogP contribution in [0.25, 0.3) is 0 Å². The van der Waals surface area contributed by atoms with Gasteiger partial charge in [0.15, 0.2) is 9.84 Å².